The first-order chi connectivity index (χ1) is 9.74. The van der Waals surface area contributed by atoms with E-state index in [-0.39, 0.29) is 0 Å². The van der Waals surface area contributed by atoms with Gasteiger partial charge in [-0.15, -0.1) is 0 Å². The quantitative estimate of drug-likeness (QED) is 0.899. The number of rotatable bonds is 4. The van der Waals surface area contributed by atoms with E-state index in [1.165, 1.54) is 36.8 Å². The lowest BCUT2D eigenvalue weighted by Crippen LogP contribution is -2.29. The molecule has 2 unspecified atom stereocenters. The van der Waals surface area contributed by atoms with E-state index in [1.807, 2.05) is 12.1 Å². The van der Waals surface area contributed by atoms with Crippen LogP contribution in [0.5, 0.6) is 5.75 Å². The van der Waals surface area contributed by atoms with Gasteiger partial charge in [-0.25, -0.2) is 0 Å². The van der Waals surface area contributed by atoms with Gasteiger partial charge in [-0.2, -0.15) is 0 Å². The Kier molecular flexibility index (Phi) is 4.52. The molecule has 0 aromatic heterocycles. The van der Waals surface area contributed by atoms with Crippen molar-refractivity contribution in [2.45, 2.75) is 45.6 Å². The van der Waals surface area contributed by atoms with E-state index in [9.17, 15) is 0 Å². The molecule has 1 N–H and O–H groups in total. The van der Waals surface area contributed by atoms with E-state index in [0.717, 1.165) is 48.7 Å². The average molecular weight is 294 g/mol. The SMILES string of the molecule is CC1CCCCC1CNCc1cc(Cl)cc2c1OCC2. The summed E-state index contributed by atoms with van der Waals surface area (Å²) in [7, 11) is 0. The van der Waals surface area contributed by atoms with Gasteiger partial charge in [0.15, 0.2) is 0 Å². The van der Waals surface area contributed by atoms with Crippen molar-refractivity contribution in [2.75, 3.05) is 13.2 Å². The molecule has 1 aliphatic carbocycles. The predicted octanol–water partition coefficient (Wildman–Crippen LogP) is 4.19. The molecular weight excluding hydrogens is 270 g/mol. The molecule has 1 fully saturated rings. The lowest BCUT2D eigenvalue weighted by molar-refractivity contribution is 0.247. The van der Waals surface area contributed by atoms with Gasteiger partial charge in [-0.1, -0.05) is 37.8 Å². The highest BCUT2D eigenvalue weighted by molar-refractivity contribution is 6.30. The Morgan fingerprint density at radius 3 is 3.00 bits per heavy atom. The highest BCUT2D eigenvalue weighted by Crippen LogP contribution is 2.33. The summed E-state index contributed by atoms with van der Waals surface area (Å²) in [4.78, 5) is 0. The van der Waals surface area contributed by atoms with Gasteiger partial charge in [0.05, 0.1) is 6.61 Å². The summed E-state index contributed by atoms with van der Waals surface area (Å²) in [6.45, 7) is 5.17. The maximum Gasteiger partial charge on any atom is 0.127 e. The smallest absolute Gasteiger partial charge is 0.127 e. The molecule has 0 radical (unpaired) electrons. The molecule has 110 valence electrons. The van der Waals surface area contributed by atoms with Crippen LogP contribution < -0.4 is 10.1 Å². The van der Waals surface area contributed by atoms with Crippen molar-refractivity contribution in [3.8, 4) is 5.75 Å². The third kappa shape index (κ3) is 3.12. The van der Waals surface area contributed by atoms with E-state index < -0.39 is 0 Å². The summed E-state index contributed by atoms with van der Waals surface area (Å²) in [6.07, 6.45) is 6.56. The number of hydrogen-bond acceptors (Lipinski definition) is 2. The van der Waals surface area contributed by atoms with Crippen LogP contribution in [0.1, 0.15) is 43.7 Å². The molecule has 2 atom stereocenters. The van der Waals surface area contributed by atoms with Crippen LogP contribution >= 0.6 is 11.6 Å². The molecule has 1 aromatic carbocycles. The highest BCUT2D eigenvalue weighted by Gasteiger charge is 2.21. The Morgan fingerprint density at radius 1 is 1.30 bits per heavy atom. The van der Waals surface area contributed by atoms with Gasteiger partial charge in [-0.3, -0.25) is 0 Å². The molecule has 0 amide bonds. The fourth-order valence-electron chi connectivity index (χ4n) is 3.57. The Labute approximate surface area is 126 Å². The summed E-state index contributed by atoms with van der Waals surface area (Å²) in [5.41, 5.74) is 2.48. The first kappa shape index (κ1) is 14.2. The van der Waals surface area contributed by atoms with Crippen LogP contribution in [0.3, 0.4) is 0 Å². The van der Waals surface area contributed by atoms with Crippen LogP contribution in [-0.2, 0) is 13.0 Å². The second-order valence-corrected chi connectivity index (χ2v) is 6.74. The van der Waals surface area contributed by atoms with E-state index in [0.29, 0.717) is 0 Å². The first-order valence-electron chi connectivity index (χ1n) is 7.89. The van der Waals surface area contributed by atoms with Crippen LogP contribution in [0.25, 0.3) is 0 Å². The van der Waals surface area contributed by atoms with Gasteiger partial charge in [0, 0.05) is 23.6 Å². The maximum absolute atomic E-state index is 6.20. The minimum Gasteiger partial charge on any atom is -0.493 e. The van der Waals surface area contributed by atoms with Crippen LogP contribution in [0, 0.1) is 11.8 Å². The zero-order valence-corrected chi connectivity index (χ0v) is 13.0. The van der Waals surface area contributed by atoms with E-state index in [1.54, 1.807) is 0 Å². The number of nitrogens with one attached hydrogen (secondary N) is 1. The minimum atomic E-state index is 0.794. The maximum atomic E-state index is 6.20. The zero-order chi connectivity index (χ0) is 13.9. The zero-order valence-electron chi connectivity index (χ0n) is 12.3. The fraction of sp³-hybridized carbons (Fsp3) is 0.647. The number of fused-ring (bicyclic) bond motifs is 1. The summed E-state index contributed by atoms with van der Waals surface area (Å²) < 4.78 is 5.75. The van der Waals surface area contributed by atoms with Gasteiger partial charge >= 0.3 is 0 Å². The van der Waals surface area contributed by atoms with Gasteiger partial charge < -0.3 is 10.1 Å². The van der Waals surface area contributed by atoms with Gasteiger partial charge in [0.2, 0.25) is 0 Å². The Balaban J connectivity index is 1.59. The third-order valence-corrected chi connectivity index (χ3v) is 5.05. The molecule has 0 bridgehead atoms. The van der Waals surface area contributed by atoms with Crippen molar-refractivity contribution >= 4 is 11.6 Å². The molecule has 0 saturated heterocycles. The molecule has 1 heterocycles. The van der Waals surface area contributed by atoms with Gasteiger partial charge in [-0.05, 0) is 42.5 Å². The molecule has 3 rings (SSSR count). The lowest BCUT2D eigenvalue weighted by atomic mass is 9.80. The van der Waals surface area contributed by atoms with E-state index >= 15 is 0 Å². The molecule has 3 heteroatoms. The normalized spacial score (nSPS) is 25.3. The largest absolute Gasteiger partial charge is 0.493 e. The molecule has 2 aliphatic rings. The number of halogens is 1. The average Bonchev–Trinajstić information content (AvgIpc) is 2.89. The Bertz CT molecular complexity index is 474. The van der Waals surface area contributed by atoms with Crippen LogP contribution in [0.2, 0.25) is 5.02 Å². The topological polar surface area (TPSA) is 21.3 Å². The fourth-order valence-corrected chi connectivity index (χ4v) is 3.83. The van der Waals surface area contributed by atoms with Gasteiger partial charge in [0.1, 0.15) is 5.75 Å². The van der Waals surface area contributed by atoms with Crippen LogP contribution in [-0.4, -0.2) is 13.2 Å². The molecule has 1 aliphatic heterocycles. The summed E-state index contributed by atoms with van der Waals surface area (Å²) >= 11 is 6.20. The monoisotopic (exact) mass is 293 g/mol. The second kappa shape index (κ2) is 6.36. The lowest BCUT2D eigenvalue weighted by Gasteiger charge is -2.29. The molecule has 2 nitrogen and oxygen atoms in total. The molecule has 20 heavy (non-hydrogen) atoms. The summed E-state index contributed by atoms with van der Waals surface area (Å²) in [5, 5.41) is 4.45. The standard InChI is InChI=1S/C17H24ClNO/c1-12-4-2-3-5-14(12)10-19-11-15-9-16(18)8-13-6-7-20-17(13)15/h8-9,12,14,19H,2-7,10-11H2,1H3. The van der Waals surface area contributed by atoms with E-state index in [4.69, 9.17) is 16.3 Å². The van der Waals surface area contributed by atoms with Crippen LogP contribution in [0.15, 0.2) is 12.1 Å². The van der Waals surface area contributed by atoms with E-state index in [2.05, 4.69) is 12.2 Å². The van der Waals surface area contributed by atoms with Crippen molar-refractivity contribution in [1.29, 1.82) is 0 Å². The molecule has 1 saturated carbocycles. The van der Waals surface area contributed by atoms with Crippen molar-refractivity contribution in [1.82, 2.24) is 5.32 Å². The predicted molar refractivity (Wildman–Crippen MR) is 83.5 cm³/mol. The number of ether oxygens (including phenoxy) is 1. The molecule has 1 aromatic rings. The van der Waals surface area contributed by atoms with Crippen molar-refractivity contribution in [3.63, 3.8) is 0 Å². The highest BCUT2D eigenvalue weighted by atomic mass is 35.5. The molecule has 0 spiro atoms. The summed E-state index contributed by atoms with van der Waals surface area (Å²) in [5.74, 6) is 2.76. The van der Waals surface area contributed by atoms with Gasteiger partial charge in [0.25, 0.3) is 0 Å². The van der Waals surface area contributed by atoms with Crippen molar-refractivity contribution in [2.24, 2.45) is 11.8 Å². The number of hydrogen-bond donors (Lipinski definition) is 1. The Hall–Kier alpha value is -0.730. The van der Waals surface area contributed by atoms with Crippen molar-refractivity contribution in [3.05, 3.63) is 28.3 Å². The first-order valence-corrected chi connectivity index (χ1v) is 8.26. The van der Waals surface area contributed by atoms with Crippen LogP contribution in [0.4, 0.5) is 0 Å². The number of benzene rings is 1. The van der Waals surface area contributed by atoms with Crippen molar-refractivity contribution < 1.29 is 4.74 Å². The third-order valence-electron chi connectivity index (χ3n) is 4.84. The Morgan fingerprint density at radius 2 is 2.15 bits per heavy atom. The summed E-state index contributed by atoms with van der Waals surface area (Å²) in [6, 6.07) is 4.08. The minimum absolute atomic E-state index is 0.794. The molecular formula is C17H24ClNO. The second-order valence-electron chi connectivity index (χ2n) is 6.30.